The topological polar surface area (TPSA) is 67.4 Å². The minimum absolute atomic E-state index is 0.0857. The Morgan fingerprint density at radius 1 is 0.966 bits per heavy atom. The zero-order chi connectivity index (χ0) is 20.8. The van der Waals surface area contributed by atoms with Gasteiger partial charge in [-0.25, -0.2) is 4.39 Å². The molecular weight excluding hydrogens is 395 g/mol. The number of aryl methyl sites for hydroxylation is 1. The van der Waals surface area contributed by atoms with Crippen molar-refractivity contribution >= 4 is 34.8 Å². The molecule has 0 heterocycles. The molecule has 0 saturated heterocycles. The Kier molecular flexibility index (Phi) is 6.46. The summed E-state index contributed by atoms with van der Waals surface area (Å²) in [5.74, 6) is -0.702. The lowest BCUT2D eigenvalue weighted by Gasteiger charge is -2.10. The van der Waals surface area contributed by atoms with Gasteiger partial charge >= 0.3 is 0 Å². The minimum atomic E-state index is -0.567. The Balaban J connectivity index is 1.61. The van der Waals surface area contributed by atoms with Crippen LogP contribution in [-0.4, -0.2) is 18.4 Å². The third-order valence-electron chi connectivity index (χ3n) is 4.04. The van der Waals surface area contributed by atoms with Crippen molar-refractivity contribution in [2.75, 3.05) is 17.2 Å². The standard InChI is InChI=1S/C22H18ClFN2O3/c1-14-5-2-3-8-20(14)29-13-21(27)25-16-7-4-6-15(11-16)22(28)26-17-9-10-19(24)18(23)12-17/h2-12H,13H2,1H3,(H,25,27)(H,26,28). The van der Waals surface area contributed by atoms with Gasteiger partial charge in [-0.05, 0) is 55.0 Å². The molecule has 0 saturated carbocycles. The predicted molar refractivity (Wildman–Crippen MR) is 111 cm³/mol. The molecule has 3 aromatic rings. The van der Waals surface area contributed by atoms with Gasteiger partial charge in [0.25, 0.3) is 11.8 Å². The van der Waals surface area contributed by atoms with E-state index in [9.17, 15) is 14.0 Å². The summed E-state index contributed by atoms with van der Waals surface area (Å²) < 4.78 is 18.7. The molecule has 0 aromatic heterocycles. The molecule has 0 aliphatic heterocycles. The highest BCUT2D eigenvalue weighted by molar-refractivity contribution is 6.31. The lowest BCUT2D eigenvalue weighted by atomic mass is 10.2. The van der Waals surface area contributed by atoms with Gasteiger partial charge in [-0.1, -0.05) is 35.9 Å². The van der Waals surface area contributed by atoms with Crippen LogP contribution in [0.2, 0.25) is 5.02 Å². The van der Waals surface area contributed by atoms with Crippen LogP contribution in [0.5, 0.6) is 5.75 Å². The van der Waals surface area contributed by atoms with Crippen molar-refractivity contribution in [1.82, 2.24) is 0 Å². The summed E-state index contributed by atoms with van der Waals surface area (Å²) in [5.41, 5.74) is 2.07. The number of hydrogen-bond acceptors (Lipinski definition) is 3. The van der Waals surface area contributed by atoms with Crippen LogP contribution in [0.15, 0.2) is 66.7 Å². The Labute approximate surface area is 172 Å². The Bertz CT molecular complexity index is 1060. The summed E-state index contributed by atoms with van der Waals surface area (Å²) in [6, 6.07) is 17.7. The Morgan fingerprint density at radius 2 is 1.72 bits per heavy atom. The highest BCUT2D eigenvalue weighted by Crippen LogP contribution is 2.21. The molecule has 5 nitrogen and oxygen atoms in total. The number of rotatable bonds is 6. The summed E-state index contributed by atoms with van der Waals surface area (Å²) in [4.78, 5) is 24.6. The van der Waals surface area contributed by atoms with Gasteiger partial charge in [-0.15, -0.1) is 0 Å². The van der Waals surface area contributed by atoms with Crippen molar-refractivity contribution in [1.29, 1.82) is 0 Å². The number of amides is 2. The van der Waals surface area contributed by atoms with Crippen LogP contribution in [0.4, 0.5) is 15.8 Å². The molecule has 2 N–H and O–H groups in total. The fourth-order valence-electron chi connectivity index (χ4n) is 2.57. The van der Waals surface area contributed by atoms with Crippen molar-refractivity contribution in [2.24, 2.45) is 0 Å². The second-order valence-corrected chi connectivity index (χ2v) is 6.67. The zero-order valence-electron chi connectivity index (χ0n) is 15.5. The second kappa shape index (κ2) is 9.21. The first-order chi connectivity index (χ1) is 13.9. The van der Waals surface area contributed by atoms with Crippen molar-refractivity contribution in [3.63, 3.8) is 0 Å². The van der Waals surface area contributed by atoms with Gasteiger partial charge in [-0.2, -0.15) is 0 Å². The highest BCUT2D eigenvalue weighted by atomic mass is 35.5. The van der Waals surface area contributed by atoms with Crippen LogP contribution < -0.4 is 15.4 Å². The number of para-hydroxylation sites is 1. The molecule has 0 fully saturated rings. The molecule has 0 radical (unpaired) electrons. The smallest absolute Gasteiger partial charge is 0.262 e. The van der Waals surface area contributed by atoms with Gasteiger partial charge in [0.2, 0.25) is 0 Å². The van der Waals surface area contributed by atoms with E-state index in [-0.39, 0.29) is 17.5 Å². The molecule has 2 amide bonds. The number of anilines is 2. The molecule has 0 aliphatic carbocycles. The Morgan fingerprint density at radius 3 is 2.48 bits per heavy atom. The normalized spacial score (nSPS) is 10.3. The maximum absolute atomic E-state index is 13.2. The maximum atomic E-state index is 13.2. The first-order valence-electron chi connectivity index (χ1n) is 8.77. The first-order valence-corrected chi connectivity index (χ1v) is 9.15. The molecule has 0 atom stereocenters. The summed E-state index contributed by atoms with van der Waals surface area (Å²) >= 11 is 5.72. The van der Waals surface area contributed by atoms with Crippen LogP contribution in [0.25, 0.3) is 0 Å². The average molecular weight is 413 g/mol. The van der Waals surface area contributed by atoms with Crippen molar-refractivity contribution in [3.8, 4) is 5.75 Å². The molecule has 0 spiro atoms. The monoisotopic (exact) mass is 412 g/mol. The predicted octanol–water partition coefficient (Wildman–Crippen LogP) is 5.06. The molecular formula is C22H18ClFN2O3. The number of halogens is 2. The van der Waals surface area contributed by atoms with E-state index in [0.29, 0.717) is 22.7 Å². The third kappa shape index (κ3) is 5.56. The second-order valence-electron chi connectivity index (χ2n) is 6.27. The quantitative estimate of drug-likeness (QED) is 0.594. The van der Waals surface area contributed by atoms with E-state index < -0.39 is 11.7 Å². The minimum Gasteiger partial charge on any atom is -0.483 e. The van der Waals surface area contributed by atoms with E-state index in [1.165, 1.54) is 24.3 Å². The van der Waals surface area contributed by atoms with Gasteiger partial charge in [0.05, 0.1) is 5.02 Å². The molecule has 3 rings (SSSR count). The fraction of sp³-hybridized carbons (Fsp3) is 0.0909. The van der Waals surface area contributed by atoms with Crippen molar-refractivity contribution in [2.45, 2.75) is 6.92 Å². The zero-order valence-corrected chi connectivity index (χ0v) is 16.3. The molecule has 3 aromatic carbocycles. The van der Waals surface area contributed by atoms with E-state index in [2.05, 4.69) is 10.6 Å². The molecule has 0 unspecified atom stereocenters. The van der Waals surface area contributed by atoms with Crippen LogP contribution in [-0.2, 0) is 4.79 Å². The van der Waals surface area contributed by atoms with Gasteiger partial charge in [-0.3, -0.25) is 9.59 Å². The number of benzene rings is 3. The molecule has 148 valence electrons. The van der Waals surface area contributed by atoms with E-state index in [4.69, 9.17) is 16.3 Å². The van der Waals surface area contributed by atoms with Crippen LogP contribution in [0.3, 0.4) is 0 Å². The fourth-order valence-corrected chi connectivity index (χ4v) is 2.75. The number of carbonyl (C=O) groups excluding carboxylic acids is 2. The van der Waals surface area contributed by atoms with Gasteiger partial charge in [0.1, 0.15) is 11.6 Å². The molecule has 7 heteroatoms. The molecule has 0 bridgehead atoms. The van der Waals surface area contributed by atoms with E-state index in [0.717, 1.165) is 5.56 Å². The maximum Gasteiger partial charge on any atom is 0.262 e. The van der Waals surface area contributed by atoms with Crippen LogP contribution >= 0.6 is 11.6 Å². The highest BCUT2D eigenvalue weighted by Gasteiger charge is 2.10. The SMILES string of the molecule is Cc1ccccc1OCC(=O)Nc1cccc(C(=O)Nc2ccc(F)c(Cl)c2)c1. The average Bonchev–Trinajstić information content (AvgIpc) is 2.70. The van der Waals surface area contributed by atoms with Crippen LogP contribution in [0, 0.1) is 12.7 Å². The molecule has 29 heavy (non-hydrogen) atoms. The van der Waals surface area contributed by atoms with Gasteiger partial charge < -0.3 is 15.4 Å². The van der Waals surface area contributed by atoms with Crippen molar-refractivity contribution < 1.29 is 18.7 Å². The summed E-state index contributed by atoms with van der Waals surface area (Å²) in [7, 11) is 0. The number of ether oxygens (including phenoxy) is 1. The lowest BCUT2D eigenvalue weighted by Crippen LogP contribution is -2.20. The lowest BCUT2D eigenvalue weighted by molar-refractivity contribution is -0.118. The van der Waals surface area contributed by atoms with Gasteiger partial charge in [0.15, 0.2) is 6.61 Å². The van der Waals surface area contributed by atoms with E-state index in [1.807, 2.05) is 25.1 Å². The third-order valence-corrected chi connectivity index (χ3v) is 4.33. The number of carbonyl (C=O) groups is 2. The number of hydrogen-bond donors (Lipinski definition) is 2. The van der Waals surface area contributed by atoms with Crippen molar-refractivity contribution in [3.05, 3.63) is 88.7 Å². The van der Waals surface area contributed by atoms with Crippen LogP contribution in [0.1, 0.15) is 15.9 Å². The van der Waals surface area contributed by atoms with E-state index >= 15 is 0 Å². The Hall–Kier alpha value is -3.38. The number of nitrogens with one attached hydrogen (secondary N) is 2. The summed E-state index contributed by atoms with van der Waals surface area (Å²) in [5, 5.41) is 5.24. The summed E-state index contributed by atoms with van der Waals surface area (Å²) in [6.45, 7) is 1.74. The first kappa shape index (κ1) is 20.4. The van der Waals surface area contributed by atoms with Gasteiger partial charge in [0, 0.05) is 16.9 Å². The largest absolute Gasteiger partial charge is 0.483 e. The van der Waals surface area contributed by atoms with E-state index in [1.54, 1.807) is 24.3 Å². The molecule has 0 aliphatic rings. The summed E-state index contributed by atoms with van der Waals surface area (Å²) in [6.07, 6.45) is 0.